The van der Waals surface area contributed by atoms with Crippen LogP contribution in [-0.2, 0) is 13.0 Å². The third-order valence-corrected chi connectivity index (χ3v) is 5.60. The van der Waals surface area contributed by atoms with E-state index >= 15 is 0 Å². The van der Waals surface area contributed by atoms with E-state index in [1.165, 1.54) is 4.88 Å². The van der Waals surface area contributed by atoms with Gasteiger partial charge in [-0.2, -0.15) is 0 Å². The monoisotopic (exact) mass is 374 g/mol. The number of aromatic nitrogens is 1. The molecule has 4 nitrogen and oxygen atoms in total. The molecular weight excluding hydrogens is 352 g/mol. The number of methoxy groups -OCH3 is 1. The molecule has 0 spiro atoms. The van der Waals surface area contributed by atoms with E-state index < -0.39 is 0 Å². The van der Waals surface area contributed by atoms with Crippen LogP contribution in [0.2, 0.25) is 0 Å². The molecule has 0 saturated heterocycles. The summed E-state index contributed by atoms with van der Waals surface area (Å²) in [5, 5.41) is 8.90. The van der Waals surface area contributed by atoms with Crippen molar-refractivity contribution in [1.82, 2.24) is 10.3 Å². The summed E-state index contributed by atoms with van der Waals surface area (Å²) in [4.78, 5) is 5.86. The van der Waals surface area contributed by atoms with E-state index in [-0.39, 0.29) is 6.04 Å². The largest absolute Gasteiger partial charge is 0.493 e. The molecule has 0 bridgehead atoms. The zero-order chi connectivity index (χ0) is 17.5. The Morgan fingerprint density at radius 3 is 2.76 bits per heavy atom. The van der Waals surface area contributed by atoms with E-state index in [2.05, 4.69) is 33.9 Å². The second-order valence-corrected chi connectivity index (χ2v) is 7.46. The molecular formula is C19H22N2O2S2. The van der Waals surface area contributed by atoms with Gasteiger partial charge in [-0.25, -0.2) is 4.98 Å². The van der Waals surface area contributed by atoms with Crippen molar-refractivity contribution in [3.63, 3.8) is 0 Å². The lowest BCUT2D eigenvalue weighted by atomic mass is 10.1. The fraction of sp³-hybridized carbons (Fsp3) is 0.316. The van der Waals surface area contributed by atoms with Crippen LogP contribution < -0.4 is 14.8 Å². The van der Waals surface area contributed by atoms with Crippen LogP contribution >= 0.6 is 22.7 Å². The molecule has 3 aromatic rings. The van der Waals surface area contributed by atoms with Gasteiger partial charge in [-0.05, 0) is 36.1 Å². The van der Waals surface area contributed by atoms with Crippen molar-refractivity contribution in [2.45, 2.75) is 25.9 Å². The highest BCUT2D eigenvalue weighted by Crippen LogP contribution is 2.29. The van der Waals surface area contributed by atoms with Gasteiger partial charge < -0.3 is 14.8 Å². The van der Waals surface area contributed by atoms with Gasteiger partial charge in [-0.3, -0.25) is 0 Å². The van der Waals surface area contributed by atoms with Crippen LogP contribution in [-0.4, -0.2) is 18.7 Å². The Bertz CT molecular complexity index is 758. The summed E-state index contributed by atoms with van der Waals surface area (Å²) in [5.41, 5.74) is 1.16. The summed E-state index contributed by atoms with van der Waals surface area (Å²) >= 11 is 3.48. The molecule has 1 atom stereocenters. The maximum Gasteiger partial charge on any atom is 0.161 e. The van der Waals surface area contributed by atoms with Crippen LogP contribution in [0.4, 0.5) is 0 Å². The minimum Gasteiger partial charge on any atom is -0.493 e. The van der Waals surface area contributed by atoms with Gasteiger partial charge in [-0.1, -0.05) is 12.1 Å². The Kier molecular flexibility index (Phi) is 6.44. The first-order valence-electron chi connectivity index (χ1n) is 8.25. The predicted octanol–water partition coefficient (Wildman–Crippen LogP) is 4.69. The molecule has 25 heavy (non-hydrogen) atoms. The lowest BCUT2D eigenvalue weighted by Gasteiger charge is -2.17. The van der Waals surface area contributed by atoms with Crippen LogP contribution in [0.15, 0.2) is 47.3 Å². The summed E-state index contributed by atoms with van der Waals surface area (Å²) in [7, 11) is 1.67. The highest BCUT2D eigenvalue weighted by Gasteiger charge is 2.15. The van der Waals surface area contributed by atoms with Crippen molar-refractivity contribution in [3.8, 4) is 11.5 Å². The number of hydrogen-bond donors (Lipinski definition) is 1. The van der Waals surface area contributed by atoms with Gasteiger partial charge in [0.2, 0.25) is 0 Å². The fourth-order valence-electron chi connectivity index (χ4n) is 2.62. The highest BCUT2D eigenvalue weighted by atomic mass is 32.1. The summed E-state index contributed by atoms with van der Waals surface area (Å²) in [5.74, 6) is 1.55. The number of rotatable bonds is 9. The summed E-state index contributed by atoms with van der Waals surface area (Å²) in [6, 6.07) is 10.5. The van der Waals surface area contributed by atoms with Crippen molar-refractivity contribution < 1.29 is 9.47 Å². The first kappa shape index (κ1) is 17.9. The van der Waals surface area contributed by atoms with Gasteiger partial charge in [0.1, 0.15) is 5.01 Å². The molecule has 2 heterocycles. The lowest BCUT2D eigenvalue weighted by Crippen LogP contribution is -2.22. The van der Waals surface area contributed by atoms with Crippen LogP contribution in [0.1, 0.15) is 28.4 Å². The molecule has 0 aliphatic carbocycles. The maximum atomic E-state index is 5.59. The molecule has 2 aromatic heterocycles. The third-order valence-electron chi connectivity index (χ3n) is 3.82. The number of thiazole rings is 1. The molecule has 0 aliphatic heterocycles. The van der Waals surface area contributed by atoms with Crippen LogP contribution in [0, 0.1) is 0 Å². The van der Waals surface area contributed by atoms with E-state index in [4.69, 9.17) is 9.47 Å². The van der Waals surface area contributed by atoms with Gasteiger partial charge in [0.05, 0.1) is 19.8 Å². The molecule has 0 saturated carbocycles. The van der Waals surface area contributed by atoms with E-state index in [0.29, 0.717) is 6.61 Å². The average Bonchev–Trinajstić information content (AvgIpc) is 3.33. The normalized spacial score (nSPS) is 12.1. The minimum absolute atomic E-state index is 0.205. The SMILES string of the molecule is CCOc1ccc(CN[C@@H](Cc2cccs2)c2nccs2)cc1OC. The molecule has 0 radical (unpaired) electrons. The third kappa shape index (κ3) is 4.81. The van der Waals surface area contributed by atoms with Crippen molar-refractivity contribution in [2.24, 2.45) is 0 Å². The Balaban J connectivity index is 1.70. The van der Waals surface area contributed by atoms with E-state index in [1.807, 2.05) is 30.6 Å². The summed E-state index contributed by atoms with van der Waals surface area (Å²) in [6.07, 6.45) is 2.81. The number of nitrogens with zero attached hydrogens (tertiary/aromatic N) is 1. The smallest absolute Gasteiger partial charge is 0.161 e. The molecule has 0 unspecified atom stereocenters. The molecule has 3 rings (SSSR count). The standard InChI is InChI=1S/C19H22N2O2S2/c1-3-23-17-7-6-14(11-18(17)22-2)13-21-16(19-20-8-10-25-19)12-15-5-4-9-24-15/h4-11,16,21H,3,12-13H2,1-2H3/t16-/m0/s1. The summed E-state index contributed by atoms with van der Waals surface area (Å²) < 4.78 is 11.0. The van der Waals surface area contributed by atoms with Gasteiger partial charge in [0.25, 0.3) is 0 Å². The average molecular weight is 375 g/mol. The Hall–Kier alpha value is -1.89. The van der Waals surface area contributed by atoms with Gasteiger partial charge in [0, 0.05) is 29.4 Å². The molecule has 1 N–H and O–H groups in total. The lowest BCUT2D eigenvalue weighted by molar-refractivity contribution is 0.310. The molecule has 0 aliphatic rings. The molecule has 0 amide bonds. The number of benzene rings is 1. The number of hydrogen-bond acceptors (Lipinski definition) is 6. The fourth-order valence-corrected chi connectivity index (χ4v) is 4.09. The van der Waals surface area contributed by atoms with Crippen LogP contribution in [0.5, 0.6) is 11.5 Å². The maximum absolute atomic E-state index is 5.59. The van der Waals surface area contributed by atoms with E-state index in [1.54, 1.807) is 29.8 Å². The minimum atomic E-state index is 0.205. The zero-order valence-electron chi connectivity index (χ0n) is 14.4. The van der Waals surface area contributed by atoms with Crippen molar-refractivity contribution >= 4 is 22.7 Å². The quantitative estimate of drug-likeness (QED) is 0.590. The molecule has 0 fully saturated rings. The predicted molar refractivity (Wildman–Crippen MR) is 104 cm³/mol. The van der Waals surface area contributed by atoms with Crippen molar-refractivity contribution in [3.05, 3.63) is 62.7 Å². The Labute approximate surface area is 156 Å². The van der Waals surface area contributed by atoms with Crippen LogP contribution in [0.3, 0.4) is 0 Å². The van der Waals surface area contributed by atoms with Gasteiger partial charge >= 0.3 is 0 Å². The van der Waals surface area contributed by atoms with Gasteiger partial charge in [-0.15, -0.1) is 22.7 Å². The second kappa shape index (κ2) is 8.99. The van der Waals surface area contributed by atoms with Crippen LogP contribution in [0.25, 0.3) is 0 Å². The Morgan fingerprint density at radius 1 is 1.16 bits per heavy atom. The highest BCUT2D eigenvalue weighted by molar-refractivity contribution is 7.10. The second-order valence-electron chi connectivity index (χ2n) is 5.51. The number of nitrogens with one attached hydrogen (secondary N) is 1. The first-order valence-corrected chi connectivity index (χ1v) is 10.0. The zero-order valence-corrected chi connectivity index (χ0v) is 16.0. The molecule has 132 valence electrons. The first-order chi connectivity index (χ1) is 12.3. The molecule has 6 heteroatoms. The molecule has 1 aromatic carbocycles. The van der Waals surface area contributed by atoms with Crippen molar-refractivity contribution in [1.29, 1.82) is 0 Å². The van der Waals surface area contributed by atoms with Crippen molar-refractivity contribution in [2.75, 3.05) is 13.7 Å². The van der Waals surface area contributed by atoms with E-state index in [0.717, 1.165) is 35.0 Å². The topological polar surface area (TPSA) is 43.4 Å². The Morgan fingerprint density at radius 2 is 2.08 bits per heavy atom. The summed E-state index contributed by atoms with van der Waals surface area (Å²) in [6.45, 7) is 3.34. The number of ether oxygens (including phenoxy) is 2. The number of thiophene rings is 1. The van der Waals surface area contributed by atoms with Gasteiger partial charge in [0.15, 0.2) is 11.5 Å². The van der Waals surface area contributed by atoms with E-state index in [9.17, 15) is 0 Å².